The van der Waals surface area contributed by atoms with Crippen molar-refractivity contribution in [3.05, 3.63) is 11.9 Å². The van der Waals surface area contributed by atoms with Crippen molar-refractivity contribution in [2.75, 3.05) is 30.8 Å². The van der Waals surface area contributed by atoms with Gasteiger partial charge in [-0.05, 0) is 19.8 Å². The number of carbonyl (C=O) groups excluding carboxylic acids is 1. The lowest BCUT2D eigenvalue weighted by Crippen LogP contribution is -2.31. The van der Waals surface area contributed by atoms with Gasteiger partial charge in [-0.15, -0.1) is 0 Å². The third kappa shape index (κ3) is 3.37. The van der Waals surface area contributed by atoms with Gasteiger partial charge in [0.05, 0.1) is 0 Å². The number of likely N-dealkylation sites (tertiary alicyclic amines) is 1. The molecule has 6 nitrogen and oxygen atoms in total. The highest BCUT2D eigenvalue weighted by molar-refractivity contribution is 5.86. The third-order valence-electron chi connectivity index (χ3n) is 3.35. The Morgan fingerprint density at radius 2 is 2.10 bits per heavy atom. The van der Waals surface area contributed by atoms with Crippen LogP contribution in [0.3, 0.4) is 0 Å². The molecule has 1 aliphatic heterocycles. The Kier molecular flexibility index (Phi) is 4.76. The van der Waals surface area contributed by atoms with E-state index < -0.39 is 0 Å². The van der Waals surface area contributed by atoms with Gasteiger partial charge in [0.15, 0.2) is 0 Å². The molecular weight excluding hydrogens is 254 g/mol. The maximum absolute atomic E-state index is 11.9. The summed E-state index contributed by atoms with van der Waals surface area (Å²) in [5, 5.41) is 6.44. The molecule has 1 atom stereocenters. The van der Waals surface area contributed by atoms with Gasteiger partial charge in [-0.25, -0.2) is 9.97 Å². The van der Waals surface area contributed by atoms with Crippen LogP contribution in [0.15, 0.2) is 6.07 Å². The van der Waals surface area contributed by atoms with E-state index in [0.29, 0.717) is 0 Å². The summed E-state index contributed by atoms with van der Waals surface area (Å²) >= 11 is 0. The molecule has 0 aromatic carbocycles. The Balaban J connectivity index is 2.15. The molecule has 2 N–H and O–H groups in total. The lowest BCUT2D eigenvalue weighted by Gasteiger charge is -2.14. The van der Waals surface area contributed by atoms with Crippen molar-refractivity contribution in [2.45, 2.75) is 39.2 Å². The van der Waals surface area contributed by atoms with Gasteiger partial charge in [0.1, 0.15) is 23.5 Å². The molecule has 1 saturated heterocycles. The largest absolute Gasteiger partial charge is 0.370 e. The molecule has 0 spiro atoms. The van der Waals surface area contributed by atoms with Gasteiger partial charge in [0.25, 0.3) is 0 Å². The van der Waals surface area contributed by atoms with Gasteiger partial charge in [-0.2, -0.15) is 0 Å². The second kappa shape index (κ2) is 6.54. The zero-order valence-corrected chi connectivity index (χ0v) is 12.4. The van der Waals surface area contributed by atoms with E-state index in [1.807, 2.05) is 20.0 Å². The molecule has 1 unspecified atom stereocenters. The van der Waals surface area contributed by atoms with Crippen LogP contribution in [0.5, 0.6) is 0 Å². The lowest BCUT2D eigenvalue weighted by molar-refractivity contribution is -0.127. The number of amides is 1. The molecule has 1 amide bonds. The number of rotatable bonds is 6. The highest BCUT2D eigenvalue weighted by Gasteiger charge is 2.29. The van der Waals surface area contributed by atoms with Crippen molar-refractivity contribution in [3.8, 4) is 0 Å². The van der Waals surface area contributed by atoms with Gasteiger partial charge in [0, 0.05) is 32.6 Å². The Bertz CT molecular complexity index is 452. The average molecular weight is 277 g/mol. The van der Waals surface area contributed by atoms with E-state index in [0.717, 1.165) is 49.8 Å². The summed E-state index contributed by atoms with van der Waals surface area (Å²) in [7, 11) is 1.83. The van der Waals surface area contributed by atoms with E-state index in [1.165, 1.54) is 0 Å². The highest BCUT2D eigenvalue weighted by atomic mass is 16.2. The first-order valence-corrected chi connectivity index (χ1v) is 7.27. The highest BCUT2D eigenvalue weighted by Crippen LogP contribution is 2.17. The standard InChI is InChI=1S/C14H23N5O/c1-4-6-11-17-12(15-5-2)9-13(18-11)16-10-7-8-19(3)14(10)20/h9-10H,4-8H2,1-3H3,(H2,15,16,17,18). The average Bonchev–Trinajstić information content (AvgIpc) is 2.71. The maximum Gasteiger partial charge on any atom is 0.244 e. The van der Waals surface area contributed by atoms with Crippen LogP contribution in [0.25, 0.3) is 0 Å². The number of likely N-dealkylation sites (N-methyl/N-ethyl adjacent to an activating group) is 1. The minimum atomic E-state index is -0.168. The fourth-order valence-corrected chi connectivity index (χ4v) is 2.31. The van der Waals surface area contributed by atoms with Crippen molar-refractivity contribution >= 4 is 17.5 Å². The molecule has 6 heteroatoms. The number of hydrogen-bond acceptors (Lipinski definition) is 5. The molecule has 0 aliphatic carbocycles. The number of hydrogen-bond donors (Lipinski definition) is 2. The van der Waals surface area contributed by atoms with Gasteiger partial charge in [-0.1, -0.05) is 6.92 Å². The zero-order chi connectivity index (χ0) is 14.5. The summed E-state index contributed by atoms with van der Waals surface area (Å²) < 4.78 is 0. The molecule has 110 valence electrons. The zero-order valence-electron chi connectivity index (χ0n) is 12.4. The number of carbonyl (C=O) groups is 1. The number of nitrogens with zero attached hydrogens (tertiary/aromatic N) is 3. The van der Waals surface area contributed by atoms with Crippen molar-refractivity contribution in [1.29, 1.82) is 0 Å². The topological polar surface area (TPSA) is 70.2 Å². The molecule has 0 bridgehead atoms. The van der Waals surface area contributed by atoms with Crippen LogP contribution >= 0.6 is 0 Å². The van der Waals surface area contributed by atoms with Crippen LogP contribution in [0, 0.1) is 0 Å². The predicted molar refractivity (Wildman–Crippen MR) is 79.9 cm³/mol. The SMILES string of the molecule is CCCc1nc(NCC)cc(NC2CCN(C)C2=O)n1. The van der Waals surface area contributed by atoms with Crippen LogP contribution in [-0.4, -0.2) is 47.0 Å². The molecule has 0 radical (unpaired) electrons. The minimum absolute atomic E-state index is 0.130. The van der Waals surface area contributed by atoms with Gasteiger partial charge >= 0.3 is 0 Å². The molecule has 1 aromatic heterocycles. The first kappa shape index (κ1) is 14.6. The summed E-state index contributed by atoms with van der Waals surface area (Å²) in [6, 6.07) is 1.70. The first-order chi connectivity index (χ1) is 9.63. The number of nitrogens with one attached hydrogen (secondary N) is 2. The second-order valence-corrected chi connectivity index (χ2v) is 5.08. The number of aromatic nitrogens is 2. The minimum Gasteiger partial charge on any atom is -0.370 e. The summed E-state index contributed by atoms with van der Waals surface area (Å²) in [6.07, 6.45) is 2.66. The Morgan fingerprint density at radius 3 is 2.70 bits per heavy atom. The van der Waals surface area contributed by atoms with E-state index in [2.05, 4.69) is 27.5 Å². The Labute approximate surface area is 120 Å². The van der Waals surface area contributed by atoms with Crippen LogP contribution in [0.4, 0.5) is 11.6 Å². The number of aryl methyl sites for hydroxylation is 1. The van der Waals surface area contributed by atoms with E-state index in [9.17, 15) is 4.79 Å². The molecule has 2 rings (SSSR count). The molecule has 1 aromatic rings. The first-order valence-electron chi connectivity index (χ1n) is 7.27. The van der Waals surface area contributed by atoms with E-state index in [1.54, 1.807) is 4.90 Å². The lowest BCUT2D eigenvalue weighted by atomic mass is 10.2. The van der Waals surface area contributed by atoms with Gasteiger partial charge in [-0.3, -0.25) is 4.79 Å². The quantitative estimate of drug-likeness (QED) is 0.824. The fourth-order valence-electron chi connectivity index (χ4n) is 2.31. The van der Waals surface area contributed by atoms with E-state index >= 15 is 0 Å². The molecular formula is C14H23N5O. The molecule has 1 aliphatic rings. The monoisotopic (exact) mass is 277 g/mol. The van der Waals surface area contributed by atoms with Crippen LogP contribution in [0.2, 0.25) is 0 Å². The fraction of sp³-hybridized carbons (Fsp3) is 0.643. The van der Waals surface area contributed by atoms with E-state index in [4.69, 9.17) is 0 Å². The normalized spacial score (nSPS) is 18.4. The summed E-state index contributed by atoms with van der Waals surface area (Å²) in [5.74, 6) is 2.48. The second-order valence-electron chi connectivity index (χ2n) is 5.08. The molecule has 2 heterocycles. The smallest absolute Gasteiger partial charge is 0.244 e. The summed E-state index contributed by atoms with van der Waals surface area (Å²) in [4.78, 5) is 22.6. The number of anilines is 2. The third-order valence-corrected chi connectivity index (χ3v) is 3.35. The molecule has 0 saturated carbocycles. The van der Waals surface area contributed by atoms with Crippen LogP contribution in [0.1, 0.15) is 32.5 Å². The van der Waals surface area contributed by atoms with Crippen molar-refractivity contribution in [3.63, 3.8) is 0 Å². The van der Waals surface area contributed by atoms with Gasteiger partial charge < -0.3 is 15.5 Å². The summed E-state index contributed by atoms with van der Waals surface area (Å²) in [5.41, 5.74) is 0. The Hall–Kier alpha value is -1.85. The molecule has 20 heavy (non-hydrogen) atoms. The van der Waals surface area contributed by atoms with Crippen molar-refractivity contribution in [1.82, 2.24) is 14.9 Å². The summed E-state index contributed by atoms with van der Waals surface area (Å²) in [6.45, 7) is 5.74. The van der Waals surface area contributed by atoms with Crippen molar-refractivity contribution < 1.29 is 4.79 Å². The van der Waals surface area contributed by atoms with E-state index in [-0.39, 0.29) is 11.9 Å². The predicted octanol–water partition coefficient (Wildman–Crippen LogP) is 1.50. The molecule has 1 fully saturated rings. The van der Waals surface area contributed by atoms with Crippen LogP contribution < -0.4 is 10.6 Å². The maximum atomic E-state index is 11.9. The van der Waals surface area contributed by atoms with Crippen molar-refractivity contribution in [2.24, 2.45) is 0 Å². The van der Waals surface area contributed by atoms with Crippen LogP contribution in [-0.2, 0) is 11.2 Å². The van der Waals surface area contributed by atoms with Gasteiger partial charge in [0.2, 0.25) is 5.91 Å². The Morgan fingerprint density at radius 1 is 1.35 bits per heavy atom.